The Labute approximate surface area is 57.6 Å². The Balaban J connectivity index is 3.01. The lowest BCUT2D eigenvalue weighted by atomic mass is 10.2. The van der Waals surface area contributed by atoms with Gasteiger partial charge in [0.2, 0.25) is 0 Å². The summed E-state index contributed by atoms with van der Waals surface area (Å²) in [6, 6.07) is 0. The number of carbonyl (C=O) groups is 2. The van der Waals surface area contributed by atoms with Crippen LogP contribution >= 0.6 is 0 Å². The first-order valence-electron chi connectivity index (χ1n) is 2.92. The van der Waals surface area contributed by atoms with Crippen molar-refractivity contribution in [2.75, 3.05) is 0 Å². The molecule has 0 radical (unpaired) electrons. The maximum absolute atomic E-state index is 10.6. The summed E-state index contributed by atoms with van der Waals surface area (Å²) in [5.74, 6) is -1.33. The predicted molar refractivity (Wildman–Crippen MR) is 32.6 cm³/mol. The second-order valence-electron chi connectivity index (χ2n) is 1.92. The summed E-state index contributed by atoms with van der Waals surface area (Å²) in [5.41, 5.74) is 5.44. The van der Waals surface area contributed by atoms with E-state index in [4.69, 9.17) is 5.73 Å². The first-order chi connectivity index (χ1) is 4.66. The van der Waals surface area contributed by atoms with Gasteiger partial charge in [0.1, 0.15) is 5.70 Å². The highest BCUT2D eigenvalue weighted by Crippen LogP contribution is 2.15. The van der Waals surface area contributed by atoms with Crippen molar-refractivity contribution in [2.45, 2.75) is 13.3 Å². The minimum Gasteiger partial charge on any atom is -0.392 e. The van der Waals surface area contributed by atoms with E-state index in [2.05, 4.69) is 4.74 Å². The number of hydrogen-bond donors (Lipinski definition) is 1. The molecule has 0 aliphatic carbocycles. The smallest absolute Gasteiger partial charge is 0.362 e. The number of esters is 2. The molecular weight excluding hydrogens is 134 g/mol. The summed E-state index contributed by atoms with van der Waals surface area (Å²) in [6.45, 7) is 1.74. The van der Waals surface area contributed by atoms with Crippen LogP contribution < -0.4 is 5.73 Å². The molecular formula is C6H7NO3. The van der Waals surface area contributed by atoms with Crippen LogP contribution in [0.2, 0.25) is 0 Å². The van der Waals surface area contributed by atoms with Crippen LogP contribution in [0.1, 0.15) is 13.3 Å². The highest BCUT2D eigenvalue weighted by Gasteiger charge is 2.29. The Morgan fingerprint density at radius 3 is 2.20 bits per heavy atom. The van der Waals surface area contributed by atoms with Crippen molar-refractivity contribution in [3.05, 3.63) is 11.3 Å². The average Bonchev–Trinajstić information content (AvgIpc) is 2.09. The second kappa shape index (κ2) is 2.13. The standard InChI is InChI=1S/C6H7NO3/c1-2-3-4(7)6(9)10-5(3)8/h2,7H2,1H3. The molecule has 1 heterocycles. The maximum atomic E-state index is 10.6. The van der Waals surface area contributed by atoms with Crippen molar-refractivity contribution >= 4 is 11.9 Å². The van der Waals surface area contributed by atoms with E-state index in [-0.39, 0.29) is 11.3 Å². The lowest BCUT2D eigenvalue weighted by Crippen LogP contribution is -2.07. The van der Waals surface area contributed by atoms with E-state index in [1.54, 1.807) is 6.92 Å². The molecule has 0 saturated heterocycles. The van der Waals surface area contributed by atoms with Crippen molar-refractivity contribution < 1.29 is 14.3 Å². The van der Waals surface area contributed by atoms with Crippen LogP contribution in [0.5, 0.6) is 0 Å². The molecule has 1 rings (SSSR count). The zero-order valence-electron chi connectivity index (χ0n) is 5.51. The Bertz CT molecular complexity index is 229. The summed E-state index contributed by atoms with van der Waals surface area (Å²) < 4.78 is 4.20. The maximum Gasteiger partial charge on any atom is 0.362 e. The van der Waals surface area contributed by atoms with Crippen LogP contribution in [0.4, 0.5) is 0 Å². The molecule has 4 heteroatoms. The molecule has 0 aromatic carbocycles. The largest absolute Gasteiger partial charge is 0.392 e. The van der Waals surface area contributed by atoms with Gasteiger partial charge in [-0.2, -0.15) is 0 Å². The number of nitrogens with two attached hydrogens (primary N) is 1. The predicted octanol–water partition coefficient (Wildman–Crippen LogP) is -0.307. The molecule has 1 aliphatic heterocycles. The van der Waals surface area contributed by atoms with Gasteiger partial charge in [-0.25, -0.2) is 9.59 Å². The molecule has 4 nitrogen and oxygen atoms in total. The molecule has 0 saturated carbocycles. The highest BCUT2D eigenvalue weighted by molar-refractivity contribution is 6.11. The zero-order valence-corrected chi connectivity index (χ0v) is 5.51. The van der Waals surface area contributed by atoms with Crippen LogP contribution in [0.25, 0.3) is 0 Å². The molecule has 0 bridgehead atoms. The number of hydrogen-bond acceptors (Lipinski definition) is 4. The first-order valence-corrected chi connectivity index (χ1v) is 2.92. The zero-order chi connectivity index (χ0) is 7.72. The molecule has 0 atom stereocenters. The van der Waals surface area contributed by atoms with Crippen molar-refractivity contribution in [3.63, 3.8) is 0 Å². The highest BCUT2D eigenvalue weighted by atomic mass is 16.6. The molecule has 0 unspecified atom stereocenters. The molecule has 2 N–H and O–H groups in total. The molecule has 0 aromatic heterocycles. The normalized spacial score (nSPS) is 18.1. The molecule has 0 fully saturated rings. The van der Waals surface area contributed by atoms with Gasteiger partial charge >= 0.3 is 11.9 Å². The van der Waals surface area contributed by atoms with Gasteiger partial charge in [0.05, 0.1) is 5.57 Å². The van der Waals surface area contributed by atoms with E-state index in [1.165, 1.54) is 0 Å². The van der Waals surface area contributed by atoms with Gasteiger partial charge in [-0.05, 0) is 6.42 Å². The van der Waals surface area contributed by atoms with Gasteiger partial charge in [-0.3, -0.25) is 0 Å². The fourth-order valence-corrected chi connectivity index (χ4v) is 0.769. The summed E-state index contributed by atoms with van der Waals surface area (Å²) >= 11 is 0. The third-order valence-electron chi connectivity index (χ3n) is 1.33. The second-order valence-corrected chi connectivity index (χ2v) is 1.92. The van der Waals surface area contributed by atoms with Crippen molar-refractivity contribution in [1.29, 1.82) is 0 Å². The topological polar surface area (TPSA) is 69.4 Å². The summed E-state index contributed by atoms with van der Waals surface area (Å²) in [6.07, 6.45) is 0.441. The van der Waals surface area contributed by atoms with Crippen molar-refractivity contribution in [3.8, 4) is 0 Å². The Kier molecular flexibility index (Phi) is 1.45. The third-order valence-corrected chi connectivity index (χ3v) is 1.33. The van der Waals surface area contributed by atoms with E-state index in [9.17, 15) is 9.59 Å². The number of ether oxygens (including phenoxy) is 1. The quantitative estimate of drug-likeness (QED) is 0.401. The van der Waals surface area contributed by atoms with Gasteiger partial charge in [-0.1, -0.05) is 6.92 Å². The fraction of sp³-hybridized carbons (Fsp3) is 0.333. The summed E-state index contributed by atoms with van der Waals surface area (Å²) in [5, 5.41) is 0. The number of cyclic esters (lactones) is 2. The van der Waals surface area contributed by atoms with E-state index in [0.29, 0.717) is 6.42 Å². The monoisotopic (exact) mass is 141 g/mol. The van der Waals surface area contributed by atoms with Crippen molar-refractivity contribution in [2.24, 2.45) is 5.73 Å². The van der Waals surface area contributed by atoms with Gasteiger partial charge in [-0.15, -0.1) is 0 Å². The molecule has 0 amide bonds. The third kappa shape index (κ3) is 0.775. The van der Waals surface area contributed by atoms with E-state index >= 15 is 0 Å². The SMILES string of the molecule is CCC1=C(N)C(=O)OC1=O. The minimum absolute atomic E-state index is 0.0486. The Morgan fingerprint density at radius 2 is 2.00 bits per heavy atom. The fourth-order valence-electron chi connectivity index (χ4n) is 0.769. The van der Waals surface area contributed by atoms with Gasteiger partial charge in [0.25, 0.3) is 0 Å². The number of rotatable bonds is 1. The minimum atomic E-state index is -0.721. The lowest BCUT2D eigenvalue weighted by Gasteiger charge is -1.88. The summed E-state index contributed by atoms with van der Waals surface area (Å²) in [7, 11) is 0. The average molecular weight is 141 g/mol. The van der Waals surface area contributed by atoms with Crippen LogP contribution in [0.3, 0.4) is 0 Å². The lowest BCUT2D eigenvalue weighted by molar-refractivity contribution is -0.151. The van der Waals surface area contributed by atoms with Gasteiger partial charge in [0, 0.05) is 0 Å². The van der Waals surface area contributed by atoms with Gasteiger partial charge < -0.3 is 10.5 Å². The van der Waals surface area contributed by atoms with E-state index in [0.717, 1.165) is 0 Å². The van der Waals surface area contributed by atoms with Crippen molar-refractivity contribution in [1.82, 2.24) is 0 Å². The van der Waals surface area contributed by atoms with E-state index < -0.39 is 11.9 Å². The van der Waals surface area contributed by atoms with Gasteiger partial charge in [0.15, 0.2) is 0 Å². The number of carbonyl (C=O) groups excluding carboxylic acids is 2. The Morgan fingerprint density at radius 1 is 1.40 bits per heavy atom. The molecule has 1 aliphatic rings. The Hall–Kier alpha value is -1.32. The molecule has 0 spiro atoms. The molecule has 54 valence electrons. The van der Waals surface area contributed by atoms with Crippen LogP contribution in [0.15, 0.2) is 11.3 Å². The first kappa shape index (κ1) is 6.80. The van der Waals surface area contributed by atoms with Crippen LogP contribution in [-0.4, -0.2) is 11.9 Å². The van der Waals surface area contributed by atoms with E-state index in [1.807, 2.05) is 0 Å². The van der Waals surface area contributed by atoms with Crippen LogP contribution in [0, 0.1) is 0 Å². The van der Waals surface area contributed by atoms with Crippen LogP contribution in [-0.2, 0) is 14.3 Å². The molecule has 10 heavy (non-hydrogen) atoms. The summed E-state index contributed by atoms with van der Waals surface area (Å²) in [4.78, 5) is 21.2. The molecule has 0 aromatic rings.